The second kappa shape index (κ2) is 6.25. The number of morpholine rings is 1. The Morgan fingerprint density at radius 2 is 2.26 bits per heavy atom. The van der Waals surface area contributed by atoms with E-state index < -0.39 is 11.5 Å². The molecule has 2 aromatic heterocycles. The summed E-state index contributed by atoms with van der Waals surface area (Å²) in [5, 5.41) is 0.0178. The van der Waals surface area contributed by atoms with E-state index in [4.69, 9.17) is 16.3 Å². The Balaban J connectivity index is 2.08. The van der Waals surface area contributed by atoms with E-state index in [1.807, 2.05) is 18.7 Å². The van der Waals surface area contributed by atoms with Gasteiger partial charge in [-0.1, -0.05) is 11.6 Å². The van der Waals surface area contributed by atoms with Crippen molar-refractivity contribution in [1.82, 2.24) is 15.0 Å². The van der Waals surface area contributed by atoms with Crippen LogP contribution in [0.5, 0.6) is 0 Å². The highest BCUT2D eigenvalue weighted by Gasteiger charge is 2.27. The number of pyridine rings is 1. The van der Waals surface area contributed by atoms with Crippen LogP contribution in [0.3, 0.4) is 0 Å². The molecule has 0 radical (unpaired) electrons. The molecule has 2 atom stereocenters. The number of anilines is 1. The van der Waals surface area contributed by atoms with Crippen LogP contribution in [-0.4, -0.2) is 40.2 Å². The van der Waals surface area contributed by atoms with Crippen LogP contribution in [-0.2, 0) is 4.74 Å². The number of ether oxygens (including phenoxy) is 1. The van der Waals surface area contributed by atoms with E-state index in [0.29, 0.717) is 24.5 Å². The maximum atomic E-state index is 13.3. The summed E-state index contributed by atoms with van der Waals surface area (Å²) in [6.45, 7) is 5.00. The summed E-state index contributed by atoms with van der Waals surface area (Å²) in [6, 6.07) is 2.81. The number of hydrogen-bond donors (Lipinski definition) is 1. The molecule has 1 unspecified atom stereocenters. The highest BCUT2D eigenvalue weighted by Crippen LogP contribution is 2.27. The lowest BCUT2D eigenvalue weighted by atomic mass is 10.2. The SMILES string of the molecule is CC1CO[C@H](C)CN1c1nc(-c2ccnc(F)c2)[nH]c(=O)c1Cl. The van der Waals surface area contributed by atoms with Crippen LogP contribution >= 0.6 is 11.6 Å². The van der Waals surface area contributed by atoms with Gasteiger partial charge in [0.1, 0.15) is 10.8 Å². The van der Waals surface area contributed by atoms with Gasteiger partial charge < -0.3 is 14.6 Å². The van der Waals surface area contributed by atoms with Crippen LogP contribution in [0.2, 0.25) is 5.02 Å². The maximum Gasteiger partial charge on any atom is 0.272 e. The van der Waals surface area contributed by atoms with Gasteiger partial charge in [-0.3, -0.25) is 4.79 Å². The van der Waals surface area contributed by atoms with Gasteiger partial charge in [0, 0.05) is 24.4 Å². The maximum absolute atomic E-state index is 13.3. The lowest BCUT2D eigenvalue weighted by Gasteiger charge is -2.37. The van der Waals surface area contributed by atoms with Gasteiger partial charge in [-0.25, -0.2) is 9.97 Å². The third-order valence-electron chi connectivity index (χ3n) is 3.73. The van der Waals surface area contributed by atoms with Crippen LogP contribution in [0.25, 0.3) is 11.4 Å². The smallest absolute Gasteiger partial charge is 0.272 e. The first kappa shape index (κ1) is 15.9. The van der Waals surface area contributed by atoms with Gasteiger partial charge in [-0.2, -0.15) is 4.39 Å². The number of nitrogens with one attached hydrogen (secondary N) is 1. The molecule has 23 heavy (non-hydrogen) atoms. The van der Waals surface area contributed by atoms with Crippen LogP contribution in [0.1, 0.15) is 13.8 Å². The molecular formula is C15H16ClFN4O2. The highest BCUT2D eigenvalue weighted by molar-refractivity contribution is 6.32. The highest BCUT2D eigenvalue weighted by atomic mass is 35.5. The first-order valence-corrected chi connectivity index (χ1v) is 7.63. The first-order chi connectivity index (χ1) is 11.0. The Labute approximate surface area is 137 Å². The number of H-pyrrole nitrogens is 1. The molecule has 3 rings (SSSR count). The molecule has 0 bridgehead atoms. The van der Waals surface area contributed by atoms with E-state index in [1.54, 1.807) is 6.07 Å². The minimum atomic E-state index is -0.644. The van der Waals surface area contributed by atoms with Crippen molar-refractivity contribution < 1.29 is 9.13 Å². The second-order valence-corrected chi connectivity index (χ2v) is 5.94. The fourth-order valence-corrected chi connectivity index (χ4v) is 2.72. The van der Waals surface area contributed by atoms with E-state index in [2.05, 4.69) is 15.0 Å². The summed E-state index contributed by atoms with van der Waals surface area (Å²) in [4.78, 5) is 24.6. The predicted molar refractivity (Wildman–Crippen MR) is 85.3 cm³/mol. The second-order valence-electron chi connectivity index (χ2n) is 5.56. The van der Waals surface area contributed by atoms with Crippen LogP contribution in [0.15, 0.2) is 23.1 Å². The third-order valence-corrected chi connectivity index (χ3v) is 4.07. The lowest BCUT2D eigenvalue weighted by molar-refractivity contribution is 0.0340. The van der Waals surface area contributed by atoms with Gasteiger partial charge >= 0.3 is 0 Å². The summed E-state index contributed by atoms with van der Waals surface area (Å²) >= 11 is 6.16. The Morgan fingerprint density at radius 3 is 3.00 bits per heavy atom. The molecule has 0 saturated carbocycles. The molecule has 2 aromatic rings. The van der Waals surface area contributed by atoms with Crippen molar-refractivity contribution in [3.63, 3.8) is 0 Å². The van der Waals surface area contributed by atoms with E-state index in [-0.39, 0.29) is 23.0 Å². The molecule has 0 spiro atoms. The fourth-order valence-electron chi connectivity index (χ4n) is 2.52. The Kier molecular flexibility index (Phi) is 4.32. The zero-order valence-electron chi connectivity index (χ0n) is 12.7. The van der Waals surface area contributed by atoms with Crippen molar-refractivity contribution in [2.24, 2.45) is 0 Å². The number of aromatic nitrogens is 3. The van der Waals surface area contributed by atoms with Gasteiger partial charge in [0.15, 0.2) is 5.82 Å². The Hall–Kier alpha value is -1.99. The summed E-state index contributed by atoms with van der Waals surface area (Å²) in [6.07, 6.45) is 1.32. The number of rotatable bonds is 2. The molecule has 1 aliphatic rings. The molecule has 1 N–H and O–H groups in total. The molecule has 0 aromatic carbocycles. The molecule has 8 heteroatoms. The summed E-state index contributed by atoms with van der Waals surface area (Å²) in [5.41, 5.74) is -0.0308. The molecule has 0 aliphatic carbocycles. The van der Waals surface area contributed by atoms with Gasteiger partial charge in [0.05, 0.1) is 18.8 Å². The number of aromatic amines is 1. The van der Waals surface area contributed by atoms with Gasteiger partial charge in [0.2, 0.25) is 5.95 Å². The van der Waals surface area contributed by atoms with Crippen molar-refractivity contribution in [3.05, 3.63) is 39.7 Å². The van der Waals surface area contributed by atoms with E-state index in [9.17, 15) is 9.18 Å². The largest absolute Gasteiger partial charge is 0.375 e. The first-order valence-electron chi connectivity index (χ1n) is 7.25. The van der Waals surface area contributed by atoms with E-state index in [1.165, 1.54) is 12.3 Å². The van der Waals surface area contributed by atoms with Crippen molar-refractivity contribution >= 4 is 17.4 Å². The zero-order valence-corrected chi connectivity index (χ0v) is 13.5. The predicted octanol–water partition coefficient (Wildman–Crippen LogP) is 2.24. The van der Waals surface area contributed by atoms with E-state index in [0.717, 1.165) is 0 Å². The molecule has 1 fully saturated rings. The molecular weight excluding hydrogens is 323 g/mol. The zero-order chi connectivity index (χ0) is 16.6. The van der Waals surface area contributed by atoms with Gasteiger partial charge in [0.25, 0.3) is 5.56 Å². The minimum absolute atomic E-state index is 0.00479. The average Bonchev–Trinajstić information content (AvgIpc) is 2.52. The van der Waals surface area contributed by atoms with Crippen molar-refractivity contribution in [2.75, 3.05) is 18.1 Å². The van der Waals surface area contributed by atoms with Crippen LogP contribution in [0.4, 0.5) is 10.2 Å². The van der Waals surface area contributed by atoms with Crippen LogP contribution in [0, 0.1) is 5.95 Å². The van der Waals surface area contributed by atoms with E-state index >= 15 is 0 Å². The third kappa shape index (κ3) is 3.20. The normalized spacial score (nSPS) is 21.5. The molecule has 0 amide bonds. The monoisotopic (exact) mass is 338 g/mol. The molecule has 1 aliphatic heterocycles. The number of nitrogens with zero attached hydrogens (tertiary/aromatic N) is 3. The van der Waals surface area contributed by atoms with Gasteiger partial charge in [-0.05, 0) is 19.9 Å². The molecule has 122 valence electrons. The molecule has 1 saturated heterocycles. The number of hydrogen-bond acceptors (Lipinski definition) is 5. The van der Waals surface area contributed by atoms with Gasteiger partial charge in [-0.15, -0.1) is 0 Å². The fraction of sp³-hybridized carbons (Fsp3) is 0.400. The topological polar surface area (TPSA) is 71.1 Å². The molecule has 6 nitrogen and oxygen atoms in total. The van der Waals surface area contributed by atoms with Crippen molar-refractivity contribution in [2.45, 2.75) is 26.0 Å². The Morgan fingerprint density at radius 1 is 1.48 bits per heavy atom. The van der Waals surface area contributed by atoms with Crippen molar-refractivity contribution in [3.8, 4) is 11.4 Å². The molecule has 3 heterocycles. The summed E-state index contributed by atoms with van der Waals surface area (Å²) in [5.74, 6) is -0.0117. The summed E-state index contributed by atoms with van der Waals surface area (Å²) in [7, 11) is 0. The standard InChI is InChI=1S/C15H16ClFN4O2/c1-8-7-23-9(2)6-21(8)14-12(16)15(22)20-13(19-14)10-3-4-18-11(17)5-10/h3-5,8-9H,6-7H2,1-2H3,(H,19,20,22)/t8?,9-/m1/s1. The Bertz CT molecular complexity index is 782. The quantitative estimate of drug-likeness (QED) is 0.850. The summed E-state index contributed by atoms with van der Waals surface area (Å²) < 4.78 is 18.9. The average molecular weight is 339 g/mol. The minimum Gasteiger partial charge on any atom is -0.375 e. The number of halogens is 2. The van der Waals surface area contributed by atoms with Crippen LogP contribution < -0.4 is 10.5 Å². The van der Waals surface area contributed by atoms with Crippen molar-refractivity contribution in [1.29, 1.82) is 0 Å². The lowest BCUT2D eigenvalue weighted by Crippen LogP contribution is -2.48.